The first-order chi connectivity index (χ1) is 16.6. The van der Waals surface area contributed by atoms with Gasteiger partial charge in [-0.2, -0.15) is 0 Å². The van der Waals surface area contributed by atoms with Crippen LogP contribution in [0.15, 0.2) is 65.3 Å². The van der Waals surface area contributed by atoms with Crippen molar-refractivity contribution in [1.82, 2.24) is 19.9 Å². The van der Waals surface area contributed by atoms with Gasteiger partial charge in [-0.15, -0.1) is 0 Å². The number of aryl methyl sites for hydroxylation is 1. The normalized spacial score (nSPS) is 13.8. The van der Waals surface area contributed by atoms with Crippen LogP contribution in [0, 0.1) is 6.92 Å². The van der Waals surface area contributed by atoms with Crippen molar-refractivity contribution in [3.8, 4) is 28.5 Å². The molecular formula is C26H27N5O3. The topological polar surface area (TPSA) is 87.5 Å². The molecule has 1 N–H and O–H groups in total. The fourth-order valence-corrected chi connectivity index (χ4v) is 4.25. The fourth-order valence-electron chi connectivity index (χ4n) is 4.25. The van der Waals surface area contributed by atoms with E-state index in [0.717, 1.165) is 47.2 Å². The molecule has 0 unspecified atom stereocenters. The van der Waals surface area contributed by atoms with Crippen LogP contribution in [0.3, 0.4) is 0 Å². The second kappa shape index (κ2) is 9.43. The highest BCUT2D eigenvalue weighted by atomic mass is 16.5. The number of H-pyrrole nitrogens is 1. The van der Waals surface area contributed by atoms with Crippen LogP contribution in [0.2, 0.25) is 0 Å². The highest BCUT2D eigenvalue weighted by Crippen LogP contribution is 2.34. The summed E-state index contributed by atoms with van der Waals surface area (Å²) in [6, 6.07) is 16.0. The number of nitrogens with one attached hydrogen (secondary N) is 1. The number of nitrogens with zero attached hydrogens (tertiary/aromatic N) is 4. The summed E-state index contributed by atoms with van der Waals surface area (Å²) >= 11 is 0. The van der Waals surface area contributed by atoms with Crippen molar-refractivity contribution >= 4 is 11.6 Å². The second-order valence-electron chi connectivity index (χ2n) is 8.30. The summed E-state index contributed by atoms with van der Waals surface area (Å²) < 4.78 is 11.3. The number of aromatic nitrogens is 3. The molecule has 4 aromatic rings. The van der Waals surface area contributed by atoms with Gasteiger partial charge in [-0.1, -0.05) is 30.3 Å². The lowest BCUT2D eigenvalue weighted by Gasteiger charge is -2.36. The Balaban J connectivity index is 1.20. The quantitative estimate of drug-likeness (QED) is 0.472. The minimum atomic E-state index is 0.108. The van der Waals surface area contributed by atoms with E-state index in [1.165, 1.54) is 0 Å². The van der Waals surface area contributed by atoms with E-state index in [1.807, 2.05) is 54.3 Å². The Labute approximate surface area is 198 Å². The van der Waals surface area contributed by atoms with Gasteiger partial charge < -0.3 is 23.9 Å². The minimum absolute atomic E-state index is 0.108. The van der Waals surface area contributed by atoms with Crippen molar-refractivity contribution < 1.29 is 13.9 Å². The average Bonchev–Trinajstić information content (AvgIpc) is 3.53. The number of rotatable bonds is 6. The largest absolute Gasteiger partial charge is 0.496 e. The van der Waals surface area contributed by atoms with E-state index in [4.69, 9.17) is 9.15 Å². The molecule has 1 amide bonds. The zero-order chi connectivity index (χ0) is 23.5. The molecule has 2 aromatic carbocycles. The first-order valence-corrected chi connectivity index (χ1v) is 11.3. The van der Waals surface area contributed by atoms with Crippen LogP contribution in [-0.4, -0.2) is 59.0 Å². The number of hydrogen-bond donors (Lipinski definition) is 1. The Bertz CT molecular complexity index is 1270. The van der Waals surface area contributed by atoms with E-state index in [2.05, 4.69) is 25.9 Å². The van der Waals surface area contributed by atoms with Gasteiger partial charge in [-0.05, 0) is 12.1 Å². The van der Waals surface area contributed by atoms with Gasteiger partial charge in [0.05, 0.1) is 25.3 Å². The standard InChI is InChI=1S/C26H27N5O3/c1-18-27-17-24(34-18)22-9-8-21(15-23(22)33-2)30-10-12-31(13-11-30)25(32)14-20-16-28-26(29-20)19-6-4-3-5-7-19/h3-9,15-17H,10-14H2,1-2H3,(H,28,29). The number of ether oxygens (including phenoxy) is 1. The summed E-state index contributed by atoms with van der Waals surface area (Å²) in [5.41, 5.74) is 3.77. The van der Waals surface area contributed by atoms with Crippen LogP contribution < -0.4 is 9.64 Å². The van der Waals surface area contributed by atoms with Gasteiger partial charge in [-0.3, -0.25) is 4.79 Å². The summed E-state index contributed by atoms with van der Waals surface area (Å²) in [5.74, 6) is 2.93. The zero-order valence-electron chi connectivity index (χ0n) is 19.3. The summed E-state index contributed by atoms with van der Waals surface area (Å²) in [6.45, 7) is 4.68. The van der Waals surface area contributed by atoms with Crippen LogP contribution in [0.25, 0.3) is 22.7 Å². The number of piperazine rings is 1. The zero-order valence-corrected chi connectivity index (χ0v) is 19.3. The molecule has 5 rings (SSSR count). The highest BCUT2D eigenvalue weighted by Gasteiger charge is 2.23. The number of imidazole rings is 1. The van der Waals surface area contributed by atoms with Gasteiger partial charge in [0.25, 0.3) is 0 Å². The molecule has 0 atom stereocenters. The van der Waals surface area contributed by atoms with E-state index in [9.17, 15) is 4.79 Å². The number of aromatic amines is 1. The van der Waals surface area contributed by atoms with E-state index in [1.54, 1.807) is 19.5 Å². The van der Waals surface area contributed by atoms with Crippen molar-refractivity contribution in [2.75, 3.05) is 38.2 Å². The third-order valence-electron chi connectivity index (χ3n) is 6.09. The van der Waals surface area contributed by atoms with Gasteiger partial charge in [0, 0.05) is 62.3 Å². The Morgan fingerprint density at radius 3 is 2.56 bits per heavy atom. The molecule has 0 spiro atoms. The molecule has 0 radical (unpaired) electrons. The number of benzene rings is 2. The van der Waals surface area contributed by atoms with Crippen molar-refractivity contribution in [1.29, 1.82) is 0 Å². The van der Waals surface area contributed by atoms with Gasteiger partial charge >= 0.3 is 0 Å². The van der Waals surface area contributed by atoms with Gasteiger partial charge in [0.15, 0.2) is 11.7 Å². The molecule has 1 aliphatic heterocycles. The van der Waals surface area contributed by atoms with Crippen molar-refractivity contribution in [3.63, 3.8) is 0 Å². The minimum Gasteiger partial charge on any atom is -0.496 e. The van der Waals surface area contributed by atoms with E-state index in [-0.39, 0.29) is 5.91 Å². The Hall–Kier alpha value is -4.07. The number of carbonyl (C=O) groups is 1. The van der Waals surface area contributed by atoms with E-state index >= 15 is 0 Å². The Kier molecular flexibility index (Phi) is 6.03. The molecule has 1 fully saturated rings. The van der Waals surface area contributed by atoms with Crippen molar-refractivity contribution in [2.24, 2.45) is 0 Å². The molecule has 34 heavy (non-hydrogen) atoms. The Morgan fingerprint density at radius 1 is 1.06 bits per heavy atom. The molecule has 8 nitrogen and oxygen atoms in total. The number of amides is 1. The number of carbonyl (C=O) groups excluding carboxylic acids is 1. The third kappa shape index (κ3) is 4.52. The fraction of sp³-hybridized carbons (Fsp3) is 0.269. The lowest BCUT2D eigenvalue weighted by Crippen LogP contribution is -2.49. The second-order valence-corrected chi connectivity index (χ2v) is 8.30. The monoisotopic (exact) mass is 457 g/mol. The molecule has 0 saturated carbocycles. The highest BCUT2D eigenvalue weighted by molar-refractivity contribution is 5.79. The number of hydrogen-bond acceptors (Lipinski definition) is 6. The summed E-state index contributed by atoms with van der Waals surface area (Å²) in [4.78, 5) is 28.9. The first kappa shape index (κ1) is 21.8. The Morgan fingerprint density at radius 2 is 1.85 bits per heavy atom. The maximum Gasteiger partial charge on any atom is 0.228 e. The number of oxazole rings is 1. The van der Waals surface area contributed by atoms with Crippen LogP contribution in [0.5, 0.6) is 5.75 Å². The molecule has 2 aromatic heterocycles. The molecule has 0 bridgehead atoms. The summed E-state index contributed by atoms with van der Waals surface area (Å²) in [7, 11) is 1.65. The SMILES string of the molecule is COc1cc(N2CCN(C(=O)Cc3cnc(-c4ccccc4)[nH]3)CC2)ccc1-c1cnc(C)o1. The predicted molar refractivity (Wildman–Crippen MR) is 130 cm³/mol. The van der Waals surface area contributed by atoms with Gasteiger partial charge in [-0.25, -0.2) is 9.97 Å². The van der Waals surface area contributed by atoms with Crippen LogP contribution in [0.4, 0.5) is 5.69 Å². The summed E-state index contributed by atoms with van der Waals surface area (Å²) in [6.07, 6.45) is 3.78. The average molecular weight is 458 g/mol. The van der Waals surface area contributed by atoms with E-state index < -0.39 is 0 Å². The predicted octanol–water partition coefficient (Wildman–Crippen LogP) is 3.94. The first-order valence-electron chi connectivity index (χ1n) is 11.3. The third-order valence-corrected chi connectivity index (χ3v) is 6.09. The molecule has 8 heteroatoms. The number of methoxy groups -OCH3 is 1. The molecule has 3 heterocycles. The molecule has 1 aliphatic rings. The number of anilines is 1. The van der Waals surface area contributed by atoms with Crippen LogP contribution in [-0.2, 0) is 11.2 Å². The van der Waals surface area contributed by atoms with Crippen molar-refractivity contribution in [2.45, 2.75) is 13.3 Å². The van der Waals surface area contributed by atoms with Crippen molar-refractivity contribution in [3.05, 3.63) is 72.5 Å². The van der Waals surface area contributed by atoms with Crippen LogP contribution >= 0.6 is 0 Å². The summed E-state index contributed by atoms with van der Waals surface area (Å²) in [5, 5.41) is 0. The molecule has 1 saturated heterocycles. The smallest absolute Gasteiger partial charge is 0.228 e. The maximum atomic E-state index is 12.9. The molecule has 0 aliphatic carbocycles. The maximum absolute atomic E-state index is 12.9. The van der Waals surface area contributed by atoms with Crippen LogP contribution in [0.1, 0.15) is 11.6 Å². The lowest BCUT2D eigenvalue weighted by molar-refractivity contribution is -0.130. The van der Waals surface area contributed by atoms with Gasteiger partial charge in [0.2, 0.25) is 5.91 Å². The van der Waals surface area contributed by atoms with E-state index in [0.29, 0.717) is 31.2 Å². The molecule has 174 valence electrons. The lowest BCUT2D eigenvalue weighted by atomic mass is 10.1. The van der Waals surface area contributed by atoms with Gasteiger partial charge in [0.1, 0.15) is 11.6 Å². The molecular weight excluding hydrogens is 430 g/mol.